The molecule has 0 radical (unpaired) electrons. The van der Waals surface area contributed by atoms with Gasteiger partial charge in [0.2, 0.25) is 0 Å². The van der Waals surface area contributed by atoms with Crippen molar-refractivity contribution in [3.8, 4) is 0 Å². The molecule has 0 aliphatic carbocycles. The van der Waals surface area contributed by atoms with Crippen molar-refractivity contribution in [2.75, 3.05) is 26.9 Å². The first-order chi connectivity index (χ1) is 25.0. The van der Waals surface area contributed by atoms with Gasteiger partial charge in [-0.2, -0.15) is 0 Å². The van der Waals surface area contributed by atoms with Crippen LogP contribution < -0.4 is 0 Å². The summed E-state index contributed by atoms with van der Waals surface area (Å²) in [5.41, 5.74) is 3.85. The van der Waals surface area contributed by atoms with Gasteiger partial charge in [0.15, 0.2) is 12.1 Å². The zero-order valence-corrected chi connectivity index (χ0v) is 30.4. The molecule has 51 heavy (non-hydrogen) atoms. The van der Waals surface area contributed by atoms with E-state index in [1.165, 1.54) is 0 Å². The number of rotatable bonds is 19. The van der Waals surface area contributed by atoms with E-state index in [0.29, 0.717) is 26.4 Å². The van der Waals surface area contributed by atoms with Gasteiger partial charge in [0, 0.05) is 20.3 Å². The molecule has 4 aromatic carbocycles. The molecule has 0 aromatic heterocycles. The normalized spacial score (nSPS) is 22.8. The quantitative estimate of drug-likeness (QED) is 0.0718. The lowest BCUT2D eigenvalue weighted by Gasteiger charge is -2.41. The van der Waals surface area contributed by atoms with Crippen molar-refractivity contribution in [2.45, 2.75) is 101 Å². The lowest BCUT2D eigenvalue weighted by atomic mass is 9.80. The Bertz CT molecular complexity index is 1450. The fourth-order valence-electron chi connectivity index (χ4n) is 7.32. The summed E-state index contributed by atoms with van der Waals surface area (Å²) in [7, 11) is 1.64. The van der Waals surface area contributed by atoms with Gasteiger partial charge >= 0.3 is 0 Å². The summed E-state index contributed by atoms with van der Waals surface area (Å²) in [6.45, 7) is 6.02. The van der Waals surface area contributed by atoms with Crippen LogP contribution in [0.2, 0.25) is 0 Å². The van der Waals surface area contributed by atoms with E-state index >= 15 is 0 Å². The molecule has 5 atom stereocenters. The molecule has 0 amide bonds. The number of fused-ring (bicyclic) bond motifs is 1. The molecule has 2 aliphatic heterocycles. The highest BCUT2D eigenvalue weighted by Gasteiger charge is 2.56. The van der Waals surface area contributed by atoms with E-state index in [0.717, 1.165) is 60.8 Å². The average Bonchev–Trinajstić information content (AvgIpc) is 3.51. The third-order valence-electron chi connectivity index (χ3n) is 9.77. The summed E-state index contributed by atoms with van der Waals surface area (Å²) in [5, 5.41) is 0. The Morgan fingerprint density at radius 2 is 1.10 bits per heavy atom. The molecule has 2 saturated heterocycles. The van der Waals surface area contributed by atoms with Crippen molar-refractivity contribution >= 4 is 0 Å². The molecule has 7 heteroatoms. The highest BCUT2D eigenvalue weighted by atomic mass is 16.8. The Balaban J connectivity index is 0.949. The first kappa shape index (κ1) is 37.4. The van der Waals surface area contributed by atoms with Gasteiger partial charge in [-0.15, -0.1) is 0 Å². The van der Waals surface area contributed by atoms with Crippen molar-refractivity contribution in [3.63, 3.8) is 0 Å². The van der Waals surface area contributed by atoms with Crippen LogP contribution in [0.25, 0.3) is 0 Å². The maximum absolute atomic E-state index is 6.94. The second kappa shape index (κ2) is 18.4. The van der Waals surface area contributed by atoms with Crippen LogP contribution >= 0.6 is 0 Å². The summed E-state index contributed by atoms with van der Waals surface area (Å²) in [5.74, 6) is -0.749. The lowest BCUT2D eigenvalue weighted by molar-refractivity contribution is -0.283. The number of hydrogen-bond donors (Lipinski definition) is 0. The molecule has 7 nitrogen and oxygen atoms in total. The molecule has 0 N–H and O–H groups in total. The summed E-state index contributed by atoms with van der Waals surface area (Å²) in [6, 6.07) is 41.9. The molecular formula is C44H54O7. The van der Waals surface area contributed by atoms with Gasteiger partial charge in [-0.1, -0.05) is 147 Å². The SMILES string of the molecule is CO[C@H]1O[C@H](COCCCCCCCCOC(c2ccccc2)(c2ccccc2)c2ccccc2)[C@@H](OCc2ccccc2)[C@@H]2OC(C)(C)O[C@H]12. The zero-order chi connectivity index (χ0) is 35.4. The smallest absolute Gasteiger partial charge is 0.186 e. The largest absolute Gasteiger partial charge is 0.379 e. The molecule has 272 valence electrons. The lowest BCUT2D eigenvalue weighted by Crippen LogP contribution is -2.58. The second-order valence-corrected chi connectivity index (χ2v) is 13.9. The number of methoxy groups -OCH3 is 1. The van der Waals surface area contributed by atoms with Gasteiger partial charge in [0.25, 0.3) is 0 Å². The molecule has 4 aromatic rings. The minimum Gasteiger partial charge on any atom is -0.379 e. The Morgan fingerprint density at radius 3 is 1.65 bits per heavy atom. The Kier molecular flexibility index (Phi) is 13.5. The van der Waals surface area contributed by atoms with Crippen LogP contribution in [0.5, 0.6) is 0 Å². The first-order valence-electron chi connectivity index (χ1n) is 18.6. The van der Waals surface area contributed by atoms with Crippen LogP contribution in [0.3, 0.4) is 0 Å². The Morgan fingerprint density at radius 1 is 0.608 bits per heavy atom. The maximum Gasteiger partial charge on any atom is 0.186 e. The molecule has 0 spiro atoms. The van der Waals surface area contributed by atoms with E-state index in [1.54, 1.807) is 7.11 Å². The number of hydrogen-bond acceptors (Lipinski definition) is 7. The predicted molar refractivity (Wildman–Crippen MR) is 198 cm³/mol. The van der Waals surface area contributed by atoms with Crippen molar-refractivity contribution in [1.82, 2.24) is 0 Å². The molecule has 2 fully saturated rings. The monoisotopic (exact) mass is 694 g/mol. The molecule has 0 bridgehead atoms. The van der Waals surface area contributed by atoms with Gasteiger partial charge in [-0.25, -0.2) is 0 Å². The van der Waals surface area contributed by atoms with E-state index in [-0.39, 0.29) is 24.4 Å². The van der Waals surface area contributed by atoms with E-state index in [2.05, 4.69) is 103 Å². The topological polar surface area (TPSA) is 64.6 Å². The summed E-state index contributed by atoms with van der Waals surface area (Å²) in [4.78, 5) is 0. The fraction of sp³-hybridized carbons (Fsp3) is 0.455. The van der Waals surface area contributed by atoms with Crippen molar-refractivity contribution in [3.05, 3.63) is 144 Å². The Hall–Kier alpha value is -3.40. The third-order valence-corrected chi connectivity index (χ3v) is 9.77. The van der Waals surface area contributed by atoms with Crippen LogP contribution in [0, 0.1) is 0 Å². The number of benzene rings is 4. The minimum atomic E-state index is -0.749. The van der Waals surface area contributed by atoms with E-state index in [4.69, 9.17) is 33.2 Å². The van der Waals surface area contributed by atoms with E-state index in [9.17, 15) is 0 Å². The first-order valence-corrected chi connectivity index (χ1v) is 18.6. The van der Waals surface area contributed by atoms with Crippen LogP contribution in [0.15, 0.2) is 121 Å². The third kappa shape index (κ3) is 9.53. The molecule has 6 rings (SSSR count). The van der Waals surface area contributed by atoms with Crippen molar-refractivity contribution in [1.29, 1.82) is 0 Å². The summed E-state index contributed by atoms with van der Waals surface area (Å²) >= 11 is 0. The maximum atomic E-state index is 6.94. The van der Waals surface area contributed by atoms with Gasteiger partial charge in [0.1, 0.15) is 30.0 Å². The molecule has 0 saturated carbocycles. The molecule has 2 heterocycles. The average molecular weight is 695 g/mol. The highest BCUT2D eigenvalue weighted by Crippen LogP contribution is 2.41. The van der Waals surface area contributed by atoms with Crippen LogP contribution in [-0.4, -0.2) is 63.4 Å². The van der Waals surface area contributed by atoms with Crippen LogP contribution in [0.1, 0.15) is 74.6 Å². The Labute approximate surface area is 304 Å². The second-order valence-electron chi connectivity index (χ2n) is 13.9. The number of ether oxygens (including phenoxy) is 7. The van der Waals surface area contributed by atoms with E-state index in [1.807, 2.05) is 32.0 Å². The highest BCUT2D eigenvalue weighted by molar-refractivity contribution is 5.47. The van der Waals surface area contributed by atoms with E-state index < -0.39 is 17.7 Å². The van der Waals surface area contributed by atoms with Gasteiger partial charge in [-0.05, 0) is 48.9 Å². The standard InChI is InChI=1S/C44H54O7/c1-43(2)50-40-39(47-32-34-22-12-8-13-23-34)38(49-42(45-3)41(40)51-43)33-46-30-20-6-4-5-7-21-31-48-44(35-24-14-9-15-25-35,36-26-16-10-17-27-36)37-28-18-11-19-29-37/h8-19,22-29,38-42H,4-7,20-21,30-33H2,1-3H3/t38-,39-,40+,41+,42+/m1/s1. The van der Waals surface area contributed by atoms with Gasteiger partial charge in [-0.3, -0.25) is 0 Å². The predicted octanol–water partition coefficient (Wildman–Crippen LogP) is 8.83. The van der Waals surface area contributed by atoms with Crippen molar-refractivity contribution in [2.24, 2.45) is 0 Å². The van der Waals surface area contributed by atoms with Crippen LogP contribution in [-0.2, 0) is 45.4 Å². The molecule has 0 unspecified atom stereocenters. The molecule has 2 aliphatic rings. The van der Waals surface area contributed by atoms with Gasteiger partial charge in [0.05, 0.1) is 13.2 Å². The minimum absolute atomic E-state index is 0.321. The summed E-state index contributed by atoms with van der Waals surface area (Å²) in [6.07, 6.45) is 4.59. The zero-order valence-electron chi connectivity index (χ0n) is 30.4. The van der Waals surface area contributed by atoms with Crippen molar-refractivity contribution < 1.29 is 33.2 Å². The van der Waals surface area contributed by atoms with Gasteiger partial charge < -0.3 is 33.2 Å². The fourth-order valence-corrected chi connectivity index (χ4v) is 7.32. The number of unbranched alkanes of at least 4 members (excludes halogenated alkanes) is 5. The van der Waals surface area contributed by atoms with Crippen LogP contribution in [0.4, 0.5) is 0 Å². The summed E-state index contributed by atoms with van der Waals surface area (Å²) < 4.78 is 44.1. The molecular weight excluding hydrogens is 640 g/mol.